The molecular weight excluding hydrogens is 518 g/mol. The Bertz CT molecular complexity index is 1530. The van der Waals surface area contributed by atoms with Gasteiger partial charge >= 0.3 is 6.01 Å². The third-order valence-corrected chi connectivity index (χ3v) is 7.83. The average molecular weight is 548 g/mol. The van der Waals surface area contributed by atoms with Crippen molar-refractivity contribution in [2.75, 3.05) is 51.3 Å². The lowest BCUT2D eigenvalue weighted by molar-refractivity contribution is -0.126. The van der Waals surface area contributed by atoms with Crippen LogP contribution in [0.5, 0.6) is 17.5 Å². The second-order valence-electron chi connectivity index (χ2n) is 9.90. The average Bonchev–Trinajstić information content (AvgIpc) is 3.61. The number of halogens is 1. The molecular formula is C28H30ClN7O3. The molecule has 2 aromatic heterocycles. The van der Waals surface area contributed by atoms with Crippen LogP contribution in [-0.4, -0.2) is 88.3 Å². The van der Waals surface area contributed by atoms with Crippen LogP contribution in [0.2, 0.25) is 5.02 Å². The van der Waals surface area contributed by atoms with E-state index < -0.39 is 0 Å². The molecule has 6 rings (SSSR count). The van der Waals surface area contributed by atoms with E-state index in [-0.39, 0.29) is 5.91 Å². The molecule has 11 heteroatoms. The minimum atomic E-state index is -0.0621. The van der Waals surface area contributed by atoms with E-state index in [9.17, 15) is 4.79 Å². The number of ether oxygens (including phenoxy) is 2. The van der Waals surface area contributed by atoms with E-state index in [1.54, 1.807) is 17.2 Å². The molecule has 0 spiro atoms. The fraction of sp³-hybridized carbons (Fsp3) is 0.357. The number of carbonyl (C=O) groups is 1. The summed E-state index contributed by atoms with van der Waals surface area (Å²) in [6, 6.07) is 10.0. The number of para-hydroxylation sites is 1. The predicted octanol–water partition coefficient (Wildman–Crippen LogP) is 4.26. The van der Waals surface area contributed by atoms with Crippen molar-refractivity contribution < 1.29 is 14.3 Å². The van der Waals surface area contributed by atoms with Gasteiger partial charge in [-0.05, 0) is 56.8 Å². The summed E-state index contributed by atoms with van der Waals surface area (Å²) in [6.07, 6.45) is 5.29. The molecule has 0 radical (unpaired) electrons. The van der Waals surface area contributed by atoms with Crippen molar-refractivity contribution in [2.24, 2.45) is 0 Å². The van der Waals surface area contributed by atoms with Gasteiger partial charge in [0.1, 0.15) is 17.9 Å². The number of rotatable bonds is 7. The maximum atomic E-state index is 12.1. The Hall–Kier alpha value is -3.89. The molecule has 0 aliphatic carbocycles. The molecule has 0 saturated carbocycles. The summed E-state index contributed by atoms with van der Waals surface area (Å²) in [5.41, 5.74) is 1.44. The van der Waals surface area contributed by atoms with Crippen LogP contribution in [0.4, 0.5) is 5.82 Å². The number of likely N-dealkylation sites (N-methyl/N-ethyl adjacent to an activating group) is 1. The Morgan fingerprint density at radius 3 is 2.77 bits per heavy atom. The van der Waals surface area contributed by atoms with E-state index in [0.717, 1.165) is 41.5 Å². The van der Waals surface area contributed by atoms with Gasteiger partial charge in [0.05, 0.1) is 22.1 Å². The van der Waals surface area contributed by atoms with Crippen molar-refractivity contribution in [3.8, 4) is 17.5 Å². The van der Waals surface area contributed by atoms with Crippen molar-refractivity contribution in [2.45, 2.75) is 18.9 Å². The summed E-state index contributed by atoms with van der Waals surface area (Å²) >= 11 is 6.56. The van der Waals surface area contributed by atoms with Crippen molar-refractivity contribution >= 4 is 45.1 Å². The number of hydrogen-bond donors (Lipinski definition) is 1. The van der Waals surface area contributed by atoms with Crippen LogP contribution in [0.15, 0.2) is 49.2 Å². The number of fused-ring (bicyclic) bond motifs is 2. The van der Waals surface area contributed by atoms with Crippen LogP contribution in [0, 0.1) is 0 Å². The lowest BCUT2D eigenvalue weighted by Crippen LogP contribution is -2.48. The lowest BCUT2D eigenvalue weighted by atomic mass is 10.2. The smallest absolute Gasteiger partial charge is 0.319 e. The SMILES string of the molecule is C=CC(=O)N1CCN(c2nc(OC[C@@H]3CCCN3C)nc3c(Oc4c(Cl)ccc5[nH]ncc45)cccc23)CC1. The molecule has 4 heterocycles. The zero-order chi connectivity index (χ0) is 26.9. The van der Waals surface area contributed by atoms with E-state index in [2.05, 4.69) is 33.6 Å². The topological polar surface area (TPSA) is 99.7 Å². The van der Waals surface area contributed by atoms with Crippen LogP contribution in [0.25, 0.3) is 21.8 Å². The van der Waals surface area contributed by atoms with Gasteiger partial charge < -0.3 is 24.2 Å². The first-order valence-corrected chi connectivity index (χ1v) is 13.5. The van der Waals surface area contributed by atoms with Gasteiger partial charge in [0, 0.05) is 37.6 Å². The fourth-order valence-corrected chi connectivity index (χ4v) is 5.49. The molecule has 2 aliphatic heterocycles. The summed E-state index contributed by atoms with van der Waals surface area (Å²) in [6.45, 7) is 7.59. The molecule has 0 bridgehead atoms. The Morgan fingerprint density at radius 2 is 2.00 bits per heavy atom. The highest BCUT2D eigenvalue weighted by Gasteiger charge is 2.26. The minimum Gasteiger partial charge on any atom is -0.462 e. The summed E-state index contributed by atoms with van der Waals surface area (Å²) < 4.78 is 12.6. The minimum absolute atomic E-state index is 0.0621. The number of hydrogen-bond acceptors (Lipinski definition) is 8. The summed E-state index contributed by atoms with van der Waals surface area (Å²) in [5.74, 6) is 1.73. The van der Waals surface area contributed by atoms with E-state index in [1.807, 2.05) is 24.3 Å². The number of likely N-dealkylation sites (tertiary alicyclic amines) is 1. The monoisotopic (exact) mass is 547 g/mol. The number of amides is 1. The van der Waals surface area contributed by atoms with E-state index in [0.29, 0.717) is 66.9 Å². The number of anilines is 1. The molecule has 1 N–H and O–H groups in total. The standard InChI is InChI=1S/C28H30ClN7O3/c1-3-24(37)35-12-14-36(15-13-35)27-19-7-4-8-23(39-26-20-16-30-33-22(20)10-9-21(26)29)25(19)31-28(32-27)38-17-18-6-5-11-34(18)2/h3-4,7-10,16,18H,1,5-6,11-15,17H2,2H3,(H,30,33)/t18-/m0/s1. The van der Waals surface area contributed by atoms with Crippen LogP contribution < -0.4 is 14.4 Å². The molecule has 4 aromatic rings. The van der Waals surface area contributed by atoms with E-state index in [1.165, 1.54) is 6.08 Å². The fourth-order valence-electron chi connectivity index (χ4n) is 5.28. The number of piperazine rings is 1. The van der Waals surface area contributed by atoms with Crippen LogP contribution in [0.1, 0.15) is 12.8 Å². The Kier molecular flexibility index (Phi) is 6.97. The number of aromatic nitrogens is 4. The van der Waals surface area contributed by atoms with Crippen molar-refractivity contribution in [1.29, 1.82) is 0 Å². The number of aromatic amines is 1. The first-order chi connectivity index (χ1) is 19.0. The summed E-state index contributed by atoms with van der Waals surface area (Å²) in [4.78, 5) is 28.1. The van der Waals surface area contributed by atoms with Gasteiger partial charge in [0.15, 0.2) is 11.5 Å². The lowest BCUT2D eigenvalue weighted by Gasteiger charge is -2.35. The van der Waals surface area contributed by atoms with Gasteiger partial charge in [-0.1, -0.05) is 24.2 Å². The van der Waals surface area contributed by atoms with Crippen LogP contribution >= 0.6 is 11.6 Å². The third-order valence-electron chi connectivity index (χ3n) is 7.53. The third kappa shape index (κ3) is 4.97. The van der Waals surface area contributed by atoms with Gasteiger partial charge in [-0.3, -0.25) is 9.89 Å². The molecule has 39 heavy (non-hydrogen) atoms. The van der Waals surface area contributed by atoms with Crippen LogP contribution in [0.3, 0.4) is 0 Å². The summed E-state index contributed by atoms with van der Waals surface area (Å²) in [5, 5.41) is 9.17. The van der Waals surface area contributed by atoms with Gasteiger partial charge in [0.25, 0.3) is 0 Å². The molecule has 0 unspecified atom stereocenters. The van der Waals surface area contributed by atoms with Gasteiger partial charge in [-0.25, -0.2) is 0 Å². The molecule has 1 amide bonds. The highest BCUT2D eigenvalue weighted by Crippen LogP contribution is 2.40. The molecule has 2 fully saturated rings. The zero-order valence-corrected chi connectivity index (χ0v) is 22.5. The van der Waals surface area contributed by atoms with E-state index in [4.69, 9.17) is 31.0 Å². The molecule has 2 aromatic carbocycles. The Morgan fingerprint density at radius 1 is 1.15 bits per heavy atom. The number of nitrogens with zero attached hydrogens (tertiary/aromatic N) is 6. The number of H-pyrrole nitrogens is 1. The first-order valence-electron chi connectivity index (χ1n) is 13.1. The van der Waals surface area contributed by atoms with Gasteiger partial charge in [0.2, 0.25) is 5.91 Å². The largest absolute Gasteiger partial charge is 0.462 e. The highest BCUT2D eigenvalue weighted by molar-refractivity contribution is 6.33. The second-order valence-corrected chi connectivity index (χ2v) is 10.3. The maximum absolute atomic E-state index is 12.1. The maximum Gasteiger partial charge on any atom is 0.319 e. The Labute approximate surface area is 231 Å². The number of nitrogens with one attached hydrogen (secondary N) is 1. The van der Waals surface area contributed by atoms with Gasteiger partial charge in [-0.2, -0.15) is 15.1 Å². The molecule has 1 atom stereocenters. The van der Waals surface area contributed by atoms with Crippen molar-refractivity contribution in [1.82, 2.24) is 30.0 Å². The van der Waals surface area contributed by atoms with E-state index >= 15 is 0 Å². The molecule has 10 nitrogen and oxygen atoms in total. The molecule has 2 saturated heterocycles. The van der Waals surface area contributed by atoms with Gasteiger partial charge in [-0.15, -0.1) is 0 Å². The second kappa shape index (κ2) is 10.7. The van der Waals surface area contributed by atoms with Crippen LogP contribution in [-0.2, 0) is 4.79 Å². The normalized spacial score (nSPS) is 18.2. The Balaban J connectivity index is 1.38. The number of benzene rings is 2. The number of carbonyl (C=O) groups excluding carboxylic acids is 1. The van der Waals surface area contributed by atoms with Crippen molar-refractivity contribution in [3.63, 3.8) is 0 Å². The quantitative estimate of drug-likeness (QED) is 0.343. The molecule has 202 valence electrons. The summed E-state index contributed by atoms with van der Waals surface area (Å²) in [7, 11) is 2.11. The highest BCUT2D eigenvalue weighted by atomic mass is 35.5. The van der Waals surface area contributed by atoms with Crippen molar-refractivity contribution in [3.05, 3.63) is 54.2 Å². The predicted molar refractivity (Wildman–Crippen MR) is 151 cm³/mol. The zero-order valence-electron chi connectivity index (χ0n) is 21.8. The molecule has 2 aliphatic rings. The first kappa shape index (κ1) is 25.4.